The van der Waals surface area contributed by atoms with Crippen molar-refractivity contribution in [3.8, 4) is 0 Å². The van der Waals surface area contributed by atoms with Crippen LogP contribution in [-0.2, 0) is 14.3 Å². The molecular weight excluding hydrogens is 186 g/mol. The first kappa shape index (κ1) is 9.89. The van der Waals surface area contributed by atoms with Crippen LogP contribution < -0.4 is 5.32 Å². The van der Waals surface area contributed by atoms with Crippen molar-refractivity contribution in [2.24, 2.45) is 0 Å². The molecule has 0 aromatic carbocycles. The van der Waals surface area contributed by atoms with Gasteiger partial charge in [-0.3, -0.25) is 4.79 Å². The average molecular weight is 201 g/mol. The van der Waals surface area contributed by atoms with Crippen molar-refractivity contribution >= 4 is 5.91 Å². The molecule has 2 heterocycles. The molecule has 0 bridgehead atoms. The van der Waals surface area contributed by atoms with Crippen LogP contribution in [0.3, 0.4) is 0 Å². The summed E-state index contributed by atoms with van der Waals surface area (Å²) in [5.74, 6) is -0.938. The van der Waals surface area contributed by atoms with Crippen LogP contribution in [0.2, 0.25) is 0 Å². The second kappa shape index (κ2) is 2.92. The monoisotopic (exact) mass is 201 g/mol. The number of hydrogen-bond acceptors (Lipinski definition) is 4. The van der Waals surface area contributed by atoms with Crippen molar-refractivity contribution in [3.63, 3.8) is 0 Å². The van der Waals surface area contributed by atoms with E-state index in [9.17, 15) is 9.90 Å². The molecule has 80 valence electrons. The zero-order valence-corrected chi connectivity index (χ0v) is 8.48. The van der Waals surface area contributed by atoms with E-state index in [0.29, 0.717) is 0 Å². The third-order valence-corrected chi connectivity index (χ3v) is 2.57. The third kappa shape index (κ3) is 1.41. The quantitative estimate of drug-likeness (QED) is 0.593. The van der Waals surface area contributed by atoms with Crippen LogP contribution in [0.15, 0.2) is 0 Å². The van der Waals surface area contributed by atoms with Gasteiger partial charge in [0.1, 0.15) is 6.10 Å². The lowest BCUT2D eigenvalue weighted by atomic mass is 10.1. The largest absolute Gasteiger partial charge is 0.391 e. The van der Waals surface area contributed by atoms with E-state index in [1.54, 1.807) is 20.8 Å². The predicted octanol–water partition coefficient (Wildman–Crippen LogP) is -0.614. The summed E-state index contributed by atoms with van der Waals surface area (Å²) in [6.45, 7) is 5.15. The topological polar surface area (TPSA) is 67.8 Å². The Balaban J connectivity index is 2.19. The molecule has 0 aromatic rings. The van der Waals surface area contributed by atoms with E-state index >= 15 is 0 Å². The highest BCUT2D eigenvalue weighted by molar-refractivity contribution is 5.85. The predicted molar refractivity (Wildman–Crippen MR) is 47.4 cm³/mol. The van der Waals surface area contributed by atoms with Gasteiger partial charge in [-0.05, 0) is 20.8 Å². The summed E-state index contributed by atoms with van der Waals surface area (Å²) in [4.78, 5) is 11.4. The smallest absolute Gasteiger partial charge is 0.252 e. The molecule has 0 aliphatic carbocycles. The number of fused-ring (bicyclic) bond motifs is 1. The Hall–Kier alpha value is -0.650. The molecule has 2 N–H and O–H groups in total. The van der Waals surface area contributed by atoms with Gasteiger partial charge >= 0.3 is 0 Å². The number of rotatable bonds is 1. The molecular formula is C9H15NO4. The molecule has 0 saturated carbocycles. The molecule has 0 spiro atoms. The maximum absolute atomic E-state index is 11.4. The maximum atomic E-state index is 11.4. The molecule has 2 saturated heterocycles. The Bertz CT molecular complexity index is 264. The molecule has 2 fully saturated rings. The van der Waals surface area contributed by atoms with Gasteiger partial charge in [0.05, 0.1) is 12.1 Å². The van der Waals surface area contributed by atoms with Gasteiger partial charge in [-0.25, -0.2) is 0 Å². The fourth-order valence-corrected chi connectivity index (χ4v) is 1.98. The summed E-state index contributed by atoms with van der Waals surface area (Å²) in [5, 5.41) is 12.1. The highest BCUT2D eigenvalue weighted by atomic mass is 16.8. The molecule has 2 aliphatic heterocycles. The van der Waals surface area contributed by atoms with Crippen LogP contribution in [-0.4, -0.2) is 41.2 Å². The molecule has 5 heteroatoms. The van der Waals surface area contributed by atoms with Crippen molar-refractivity contribution in [1.82, 2.24) is 5.32 Å². The van der Waals surface area contributed by atoms with Gasteiger partial charge in [0.15, 0.2) is 11.9 Å². The lowest BCUT2D eigenvalue weighted by molar-refractivity contribution is -0.164. The number of hydrogen-bond donors (Lipinski definition) is 2. The number of ether oxygens (including phenoxy) is 2. The van der Waals surface area contributed by atoms with Gasteiger partial charge < -0.3 is 19.9 Å². The molecule has 0 unspecified atom stereocenters. The summed E-state index contributed by atoms with van der Waals surface area (Å²) < 4.78 is 11.0. The fourth-order valence-electron chi connectivity index (χ4n) is 1.98. The van der Waals surface area contributed by atoms with Crippen molar-refractivity contribution < 1.29 is 19.4 Å². The summed E-state index contributed by atoms with van der Waals surface area (Å²) in [5.41, 5.74) is 0. The second-order valence-electron chi connectivity index (χ2n) is 4.30. The summed E-state index contributed by atoms with van der Waals surface area (Å²) in [6.07, 6.45) is -1.59. The average Bonchev–Trinajstić information content (AvgIpc) is 2.47. The molecule has 4 atom stereocenters. The molecule has 0 aromatic heterocycles. The summed E-state index contributed by atoms with van der Waals surface area (Å²) in [6, 6.07) is -0.366. The first-order valence-corrected chi connectivity index (χ1v) is 4.75. The summed E-state index contributed by atoms with van der Waals surface area (Å²) in [7, 11) is 0. The van der Waals surface area contributed by atoms with Crippen LogP contribution in [0, 0.1) is 0 Å². The minimum atomic E-state index is -0.736. The highest BCUT2D eigenvalue weighted by Crippen LogP contribution is 2.34. The van der Waals surface area contributed by atoms with E-state index < -0.39 is 18.0 Å². The van der Waals surface area contributed by atoms with Crippen LogP contribution in [0.1, 0.15) is 20.8 Å². The number of aliphatic hydroxyl groups is 1. The van der Waals surface area contributed by atoms with E-state index in [2.05, 4.69) is 5.32 Å². The number of nitrogens with one attached hydrogen (secondary N) is 1. The molecule has 0 radical (unpaired) electrons. The minimum absolute atomic E-state index is 0.202. The molecule has 1 amide bonds. The fraction of sp³-hybridized carbons (Fsp3) is 0.889. The zero-order valence-electron chi connectivity index (χ0n) is 8.48. The molecule has 2 rings (SSSR count). The molecule has 14 heavy (non-hydrogen) atoms. The lowest BCUT2D eigenvalue weighted by Gasteiger charge is -2.23. The second-order valence-corrected chi connectivity index (χ2v) is 4.30. The van der Waals surface area contributed by atoms with Crippen LogP contribution in [0.4, 0.5) is 0 Å². The van der Waals surface area contributed by atoms with Gasteiger partial charge in [0.25, 0.3) is 5.91 Å². The highest BCUT2D eigenvalue weighted by Gasteiger charge is 2.54. The van der Waals surface area contributed by atoms with Crippen molar-refractivity contribution in [3.05, 3.63) is 0 Å². The van der Waals surface area contributed by atoms with Crippen molar-refractivity contribution in [2.75, 3.05) is 0 Å². The Labute approximate surface area is 82.4 Å². The zero-order chi connectivity index (χ0) is 10.5. The number of aliphatic hydroxyl groups excluding tert-OH is 1. The first-order valence-electron chi connectivity index (χ1n) is 4.75. The van der Waals surface area contributed by atoms with Crippen LogP contribution >= 0.6 is 0 Å². The Morgan fingerprint density at radius 2 is 2.14 bits per heavy atom. The van der Waals surface area contributed by atoms with E-state index in [1.165, 1.54) is 0 Å². The SMILES string of the molecule is C[C@H](O)[C@H]1NC(=O)[C@@H]2OC(C)(C)O[C@H]12. The van der Waals surface area contributed by atoms with Gasteiger partial charge in [0.2, 0.25) is 0 Å². The van der Waals surface area contributed by atoms with Gasteiger partial charge in [-0.1, -0.05) is 0 Å². The van der Waals surface area contributed by atoms with Gasteiger partial charge in [-0.15, -0.1) is 0 Å². The van der Waals surface area contributed by atoms with E-state index in [0.717, 1.165) is 0 Å². The lowest BCUT2D eigenvalue weighted by Crippen LogP contribution is -2.43. The number of carbonyl (C=O) groups is 1. The first-order chi connectivity index (χ1) is 6.41. The van der Waals surface area contributed by atoms with Crippen molar-refractivity contribution in [2.45, 2.75) is 50.9 Å². The van der Waals surface area contributed by atoms with E-state index in [1.807, 2.05) is 0 Å². The normalized spacial score (nSPS) is 42.0. The maximum Gasteiger partial charge on any atom is 0.252 e. The Kier molecular flexibility index (Phi) is 2.06. The number of carbonyl (C=O) groups excluding carboxylic acids is 1. The molecule has 2 aliphatic rings. The summed E-state index contributed by atoms with van der Waals surface area (Å²) >= 11 is 0. The Morgan fingerprint density at radius 1 is 1.50 bits per heavy atom. The van der Waals surface area contributed by atoms with E-state index in [4.69, 9.17) is 9.47 Å². The standard InChI is InChI=1S/C9H15NO4/c1-4(11)5-6-7(8(12)10-5)14-9(2,3)13-6/h4-7,11H,1-3H3,(H,10,12)/t4-,5+,6+,7+/m0/s1. The molecule has 5 nitrogen and oxygen atoms in total. The van der Waals surface area contributed by atoms with Crippen molar-refractivity contribution in [1.29, 1.82) is 0 Å². The minimum Gasteiger partial charge on any atom is -0.391 e. The van der Waals surface area contributed by atoms with E-state index in [-0.39, 0.29) is 18.1 Å². The van der Waals surface area contributed by atoms with Gasteiger partial charge in [0, 0.05) is 0 Å². The third-order valence-electron chi connectivity index (χ3n) is 2.57. The number of amides is 1. The van der Waals surface area contributed by atoms with Gasteiger partial charge in [-0.2, -0.15) is 0 Å². The van der Waals surface area contributed by atoms with Crippen LogP contribution in [0.25, 0.3) is 0 Å². The Morgan fingerprint density at radius 3 is 2.71 bits per heavy atom. The van der Waals surface area contributed by atoms with Crippen LogP contribution in [0.5, 0.6) is 0 Å².